The van der Waals surface area contributed by atoms with Crippen molar-refractivity contribution in [2.75, 3.05) is 0 Å². The second-order valence-electron chi connectivity index (χ2n) is 2.91. The van der Waals surface area contributed by atoms with Crippen molar-refractivity contribution in [3.05, 3.63) is 98.6 Å². The van der Waals surface area contributed by atoms with E-state index in [0.717, 1.165) is 0 Å². The topological polar surface area (TPSA) is 52.6 Å². The molecule has 0 aromatic carbocycles. The summed E-state index contributed by atoms with van der Waals surface area (Å²) < 4.78 is 18.0. The second kappa shape index (κ2) is 19.7. The van der Waals surface area contributed by atoms with Crippen LogP contribution in [0.25, 0.3) is 0 Å². The number of hydrogen-bond acceptors (Lipinski definition) is 4. The molecule has 0 aliphatic carbocycles. The Hall–Kier alpha value is -1.35. The zero-order valence-electron chi connectivity index (χ0n) is 12.0. The van der Waals surface area contributed by atoms with E-state index in [9.17, 15) is 0 Å². The Labute approximate surface area is 161 Å². The van der Waals surface area contributed by atoms with Crippen LogP contribution >= 0.6 is 0 Å². The van der Waals surface area contributed by atoms with E-state index in [1.807, 2.05) is 0 Å². The standard InChI is InChI=1S/4C4H3O.2Mg/c4*1-2-4-5-3-1;;/h2*1,3-4H;2*1-3H;;/q4*-1;2*+2. The Kier molecular flexibility index (Phi) is 20.5. The van der Waals surface area contributed by atoms with Crippen molar-refractivity contribution in [1.29, 1.82) is 0 Å². The molecule has 104 valence electrons. The monoisotopic (exact) mass is 316 g/mol. The van der Waals surface area contributed by atoms with Crippen LogP contribution in [0.5, 0.6) is 0 Å². The number of hydrogen-bond donors (Lipinski definition) is 0. The van der Waals surface area contributed by atoms with E-state index in [4.69, 9.17) is 0 Å². The van der Waals surface area contributed by atoms with Crippen LogP contribution in [0.15, 0.2) is 91.6 Å². The van der Waals surface area contributed by atoms with Crippen LogP contribution in [0.4, 0.5) is 0 Å². The Balaban J connectivity index is 0. The minimum atomic E-state index is 0. The molecule has 0 spiro atoms. The van der Waals surface area contributed by atoms with E-state index in [0.29, 0.717) is 0 Å². The smallest absolute Gasteiger partial charge is 0.599 e. The predicted octanol–water partition coefficient (Wildman–Crippen LogP) is 3.56. The summed E-state index contributed by atoms with van der Waals surface area (Å²) in [4.78, 5) is 0. The van der Waals surface area contributed by atoms with Gasteiger partial charge in [0, 0.05) is 0 Å². The van der Waals surface area contributed by atoms with Crippen LogP contribution in [-0.2, 0) is 0 Å². The quantitative estimate of drug-likeness (QED) is 0.368. The van der Waals surface area contributed by atoms with Crippen molar-refractivity contribution in [3.63, 3.8) is 0 Å². The van der Waals surface area contributed by atoms with Crippen molar-refractivity contribution in [2.45, 2.75) is 0 Å². The van der Waals surface area contributed by atoms with Crippen LogP contribution in [0.2, 0.25) is 0 Å². The third-order valence-corrected chi connectivity index (χ3v) is 1.52. The molecule has 4 nitrogen and oxygen atoms in total. The summed E-state index contributed by atoms with van der Waals surface area (Å²) in [5.74, 6) is 0. The number of rotatable bonds is 0. The normalized spacial score (nSPS) is 7.27. The SMILES string of the molecule is [Mg+2].[Mg+2].[c-]1ccco1.[c-]1ccco1.[c-]1ccoc1.[c-]1ccoc1. The molecule has 0 amide bonds. The molecule has 0 aliphatic heterocycles. The van der Waals surface area contributed by atoms with E-state index in [2.05, 4.69) is 42.3 Å². The first-order chi connectivity index (χ1) is 10.0. The van der Waals surface area contributed by atoms with Crippen molar-refractivity contribution in [3.8, 4) is 0 Å². The fraction of sp³-hybridized carbons (Fsp3) is 0. The molecule has 4 rings (SSSR count). The zero-order valence-corrected chi connectivity index (χ0v) is 14.8. The molecule has 0 fully saturated rings. The maximum atomic E-state index is 4.53. The predicted molar refractivity (Wildman–Crippen MR) is 81.7 cm³/mol. The third-order valence-electron chi connectivity index (χ3n) is 1.52. The van der Waals surface area contributed by atoms with Gasteiger partial charge < -0.3 is 17.7 Å². The molecule has 0 unspecified atom stereocenters. The fourth-order valence-corrected chi connectivity index (χ4v) is 0.786. The van der Waals surface area contributed by atoms with Crippen LogP contribution < -0.4 is 0 Å². The van der Waals surface area contributed by atoms with Crippen molar-refractivity contribution in [2.24, 2.45) is 0 Å². The minimum Gasteiger partial charge on any atom is -0.599 e. The first-order valence-corrected chi connectivity index (χ1v) is 5.55. The Morgan fingerprint density at radius 3 is 1.09 bits per heavy atom. The maximum Gasteiger partial charge on any atom is 2.00 e. The van der Waals surface area contributed by atoms with Crippen molar-refractivity contribution < 1.29 is 17.7 Å². The second-order valence-corrected chi connectivity index (χ2v) is 2.91. The fourth-order valence-electron chi connectivity index (χ4n) is 0.786. The largest absolute Gasteiger partial charge is 2.00 e. The van der Waals surface area contributed by atoms with E-state index in [1.54, 1.807) is 61.5 Å². The van der Waals surface area contributed by atoms with Gasteiger partial charge >= 0.3 is 46.1 Å². The molecule has 0 saturated heterocycles. The van der Waals surface area contributed by atoms with Crippen LogP contribution in [0.1, 0.15) is 0 Å². The van der Waals surface area contributed by atoms with Gasteiger partial charge in [-0.05, 0) is 25.1 Å². The molecule has 0 N–H and O–H groups in total. The van der Waals surface area contributed by atoms with Crippen molar-refractivity contribution >= 4 is 46.1 Å². The summed E-state index contributed by atoms with van der Waals surface area (Å²) in [5.41, 5.74) is 0. The zero-order chi connectivity index (χ0) is 14.1. The molecule has 0 bridgehead atoms. The van der Waals surface area contributed by atoms with Gasteiger partial charge in [0.15, 0.2) is 0 Å². The average molecular weight is 317 g/mol. The third kappa shape index (κ3) is 16.7. The first kappa shape index (κ1) is 22.9. The van der Waals surface area contributed by atoms with E-state index >= 15 is 0 Å². The molecule has 4 aromatic heterocycles. The van der Waals surface area contributed by atoms with Gasteiger partial charge in [-0.1, -0.05) is 25.1 Å². The van der Waals surface area contributed by atoms with Gasteiger partial charge in [0.05, 0.1) is 0 Å². The summed E-state index contributed by atoms with van der Waals surface area (Å²) >= 11 is 0. The van der Waals surface area contributed by atoms with Crippen molar-refractivity contribution in [1.82, 2.24) is 0 Å². The maximum absolute atomic E-state index is 4.53. The van der Waals surface area contributed by atoms with E-state index in [1.165, 1.54) is 12.5 Å². The Morgan fingerprint density at radius 1 is 0.545 bits per heavy atom. The number of furan rings is 4. The van der Waals surface area contributed by atoms with E-state index < -0.39 is 0 Å². The van der Waals surface area contributed by atoms with Gasteiger partial charge in [-0.2, -0.15) is 24.3 Å². The molecular weight excluding hydrogens is 305 g/mol. The molecule has 0 aliphatic rings. The first-order valence-electron chi connectivity index (χ1n) is 5.55. The Morgan fingerprint density at radius 2 is 1.00 bits per heavy atom. The summed E-state index contributed by atoms with van der Waals surface area (Å²) in [7, 11) is 0. The van der Waals surface area contributed by atoms with Gasteiger partial charge in [-0.25, -0.2) is 12.1 Å². The van der Waals surface area contributed by atoms with Gasteiger partial charge in [-0.3, -0.25) is 0 Å². The van der Waals surface area contributed by atoms with Crippen LogP contribution in [0, 0.1) is 24.7 Å². The molecule has 4 heterocycles. The summed E-state index contributed by atoms with van der Waals surface area (Å²) in [6.07, 6.45) is 14.2. The molecule has 22 heavy (non-hydrogen) atoms. The summed E-state index contributed by atoms with van der Waals surface area (Å²) in [6, 6.07) is 15.8. The molecule has 0 saturated carbocycles. The molecule has 0 atom stereocenters. The van der Waals surface area contributed by atoms with Gasteiger partial charge in [0.1, 0.15) is 0 Å². The average Bonchev–Trinajstić information content (AvgIpc) is 3.40. The van der Waals surface area contributed by atoms with Gasteiger partial charge in [0.2, 0.25) is 0 Å². The molecule has 6 heteroatoms. The summed E-state index contributed by atoms with van der Waals surface area (Å²) in [5, 5.41) is 0. The summed E-state index contributed by atoms with van der Waals surface area (Å²) in [6.45, 7) is 0. The van der Waals surface area contributed by atoms with E-state index in [-0.39, 0.29) is 46.1 Å². The van der Waals surface area contributed by atoms with Gasteiger partial charge in [0.25, 0.3) is 0 Å². The van der Waals surface area contributed by atoms with Gasteiger partial charge in [-0.15, -0.1) is 12.1 Å². The Bertz CT molecular complexity index is 355. The molecular formula is C16H12Mg2O4. The van der Waals surface area contributed by atoms with Crippen LogP contribution in [-0.4, -0.2) is 46.1 Å². The molecule has 0 radical (unpaired) electrons. The molecule has 4 aromatic rings. The van der Waals surface area contributed by atoms with Crippen LogP contribution in [0.3, 0.4) is 0 Å². The minimum absolute atomic E-state index is 0.